The quantitative estimate of drug-likeness (QED) is 0.0999. The second-order valence-corrected chi connectivity index (χ2v) is 18.9. The van der Waals surface area contributed by atoms with E-state index in [2.05, 4.69) is 54.5 Å². The number of ether oxygens (including phenoxy) is 4. The van der Waals surface area contributed by atoms with Gasteiger partial charge in [-0.2, -0.15) is 0 Å². The first-order valence-corrected chi connectivity index (χ1v) is 19.9. The number of ketones is 1. The molecule has 6 rings (SSSR count). The summed E-state index contributed by atoms with van der Waals surface area (Å²) in [5, 5.41) is 0. The Morgan fingerprint density at radius 2 is 1.62 bits per heavy atom. The molecule has 1 heterocycles. The monoisotopic (exact) mass is 669 g/mol. The summed E-state index contributed by atoms with van der Waals surface area (Å²) in [5.74, 6) is 1.41. The standard InChI is InChI=1S/C42H68O6/c1-10-11-12-13-14-15-24-45-27-46-36(44)42-21-18-28(2)29(3)34(42)30-16-17-33-38(6)25-31(43)35-39(7,26-47-37(4,5)48-35)32(38)19-20-41(33,9)40(30,8)22-23-42/h16,28-29,32-35H,10-15,17-27H2,1-9H3/t28-,29+,32?,33-,34+,35?,38+,39?,40-,41-,42+/m1/s1. The molecular formula is C42H68O6. The van der Waals surface area contributed by atoms with E-state index in [1.54, 1.807) is 0 Å². The summed E-state index contributed by atoms with van der Waals surface area (Å²) in [4.78, 5) is 28.3. The Morgan fingerprint density at radius 3 is 2.38 bits per heavy atom. The van der Waals surface area contributed by atoms with E-state index in [4.69, 9.17) is 18.9 Å². The predicted octanol–water partition coefficient (Wildman–Crippen LogP) is 9.83. The smallest absolute Gasteiger partial charge is 0.314 e. The number of hydrogen-bond donors (Lipinski definition) is 0. The Morgan fingerprint density at radius 1 is 0.896 bits per heavy atom. The van der Waals surface area contributed by atoms with Crippen molar-refractivity contribution in [3.8, 4) is 0 Å². The first-order valence-electron chi connectivity index (χ1n) is 19.9. The normalized spacial score (nSPS) is 46.3. The molecule has 0 N–H and O–H groups in total. The number of carbonyl (C=O) groups is 2. The highest BCUT2D eigenvalue weighted by Crippen LogP contribution is 2.76. The molecule has 5 fully saturated rings. The summed E-state index contributed by atoms with van der Waals surface area (Å²) in [6.45, 7) is 22.0. The number of esters is 1. The van der Waals surface area contributed by atoms with E-state index in [0.29, 0.717) is 43.3 Å². The molecule has 48 heavy (non-hydrogen) atoms. The molecule has 0 amide bonds. The van der Waals surface area contributed by atoms with E-state index >= 15 is 0 Å². The highest BCUT2D eigenvalue weighted by molar-refractivity contribution is 5.86. The summed E-state index contributed by atoms with van der Waals surface area (Å²) in [6, 6.07) is 0. The summed E-state index contributed by atoms with van der Waals surface area (Å²) < 4.78 is 24.6. The molecule has 0 radical (unpaired) electrons. The molecule has 0 aromatic carbocycles. The minimum absolute atomic E-state index is 0.0275. The van der Waals surface area contributed by atoms with Gasteiger partial charge in [0.25, 0.3) is 0 Å². The van der Waals surface area contributed by atoms with Crippen LogP contribution < -0.4 is 0 Å². The van der Waals surface area contributed by atoms with Crippen LogP contribution in [0.25, 0.3) is 0 Å². The van der Waals surface area contributed by atoms with Crippen LogP contribution in [0.3, 0.4) is 0 Å². The molecule has 5 aliphatic carbocycles. The van der Waals surface area contributed by atoms with Crippen molar-refractivity contribution in [3.63, 3.8) is 0 Å². The summed E-state index contributed by atoms with van der Waals surface area (Å²) in [6.07, 6.45) is 17.1. The van der Waals surface area contributed by atoms with Crippen molar-refractivity contribution < 1.29 is 28.5 Å². The van der Waals surface area contributed by atoms with Crippen LogP contribution in [-0.2, 0) is 28.5 Å². The number of rotatable bonds is 10. The van der Waals surface area contributed by atoms with Crippen molar-refractivity contribution in [1.29, 1.82) is 0 Å². The van der Waals surface area contributed by atoms with Gasteiger partial charge in [0.15, 0.2) is 18.4 Å². The zero-order valence-electron chi connectivity index (χ0n) is 32.0. The Balaban J connectivity index is 1.24. The highest BCUT2D eigenvalue weighted by atomic mass is 16.7. The molecule has 0 spiro atoms. The predicted molar refractivity (Wildman–Crippen MR) is 189 cm³/mol. The maximum atomic E-state index is 14.3. The molecule has 11 atom stereocenters. The fourth-order valence-electron chi connectivity index (χ4n) is 12.9. The number of allylic oxidation sites excluding steroid dienone is 2. The van der Waals surface area contributed by atoms with Gasteiger partial charge >= 0.3 is 5.97 Å². The van der Waals surface area contributed by atoms with Gasteiger partial charge in [-0.05, 0) is 111 Å². The van der Waals surface area contributed by atoms with Crippen LogP contribution in [0.5, 0.6) is 0 Å². The number of fused-ring (bicyclic) bond motifs is 9. The molecular weight excluding hydrogens is 600 g/mol. The zero-order chi connectivity index (χ0) is 34.8. The van der Waals surface area contributed by atoms with E-state index in [0.717, 1.165) is 51.4 Å². The average molecular weight is 669 g/mol. The molecule has 272 valence electrons. The van der Waals surface area contributed by atoms with Gasteiger partial charge in [0.1, 0.15) is 6.10 Å². The largest absolute Gasteiger partial charge is 0.438 e. The zero-order valence-corrected chi connectivity index (χ0v) is 32.0. The number of carbonyl (C=O) groups excluding carboxylic acids is 2. The van der Waals surface area contributed by atoms with Crippen molar-refractivity contribution in [3.05, 3.63) is 11.6 Å². The van der Waals surface area contributed by atoms with Gasteiger partial charge in [-0.15, -0.1) is 0 Å². The van der Waals surface area contributed by atoms with Gasteiger partial charge in [-0.3, -0.25) is 9.59 Å². The summed E-state index contributed by atoms with van der Waals surface area (Å²) in [5.41, 5.74) is 0.618. The molecule has 4 saturated carbocycles. The molecule has 6 nitrogen and oxygen atoms in total. The lowest BCUT2D eigenvalue weighted by atomic mass is 9.33. The Labute approximate surface area is 292 Å². The van der Waals surface area contributed by atoms with Crippen molar-refractivity contribution in [2.24, 2.45) is 56.7 Å². The molecule has 1 aliphatic heterocycles. The number of Topliss-reactive ketones (excluding diaryl/α,β-unsaturated/α-hetero) is 1. The van der Waals surface area contributed by atoms with Gasteiger partial charge in [-0.25, -0.2) is 0 Å². The third kappa shape index (κ3) is 5.60. The van der Waals surface area contributed by atoms with Crippen molar-refractivity contribution >= 4 is 11.8 Å². The van der Waals surface area contributed by atoms with Gasteiger partial charge < -0.3 is 18.9 Å². The molecule has 6 heteroatoms. The minimum Gasteiger partial charge on any atom is -0.438 e. The molecule has 0 aromatic rings. The van der Waals surface area contributed by atoms with Crippen LogP contribution in [0.1, 0.15) is 152 Å². The third-order valence-electron chi connectivity index (χ3n) is 16.0. The maximum absolute atomic E-state index is 14.3. The second kappa shape index (κ2) is 13.1. The van der Waals surface area contributed by atoms with Crippen LogP contribution in [0.4, 0.5) is 0 Å². The highest BCUT2D eigenvalue weighted by Gasteiger charge is 2.72. The van der Waals surface area contributed by atoms with Crippen LogP contribution in [0, 0.1) is 56.7 Å². The first-order chi connectivity index (χ1) is 22.6. The van der Waals surface area contributed by atoms with Crippen molar-refractivity contribution in [2.75, 3.05) is 20.0 Å². The lowest BCUT2D eigenvalue weighted by Gasteiger charge is -2.71. The van der Waals surface area contributed by atoms with Crippen LogP contribution in [0.15, 0.2) is 11.6 Å². The van der Waals surface area contributed by atoms with Crippen LogP contribution in [0.2, 0.25) is 0 Å². The fourth-order valence-corrected chi connectivity index (χ4v) is 12.9. The van der Waals surface area contributed by atoms with Gasteiger partial charge in [0, 0.05) is 11.8 Å². The SMILES string of the molecule is CCCCCCCCOCOC(=O)[C@]12CC[C@@H](C)[C@H](C)[C@H]1C1=CC[C@@H]3[C@@]4(C)CC(=O)C5OC(C)(C)OCC5(C)C4CC[C@@]3(C)[C@]1(C)CC2. The van der Waals surface area contributed by atoms with E-state index in [1.807, 2.05) is 13.8 Å². The average Bonchev–Trinajstić information content (AvgIpc) is 3.03. The van der Waals surface area contributed by atoms with Gasteiger partial charge in [0.05, 0.1) is 18.6 Å². The maximum Gasteiger partial charge on any atom is 0.314 e. The van der Waals surface area contributed by atoms with Crippen LogP contribution in [-0.4, -0.2) is 43.7 Å². The fraction of sp³-hybridized carbons (Fsp3) is 0.905. The van der Waals surface area contributed by atoms with Gasteiger partial charge in [0.2, 0.25) is 0 Å². The molecule has 0 aromatic heterocycles. The topological polar surface area (TPSA) is 71.1 Å². The van der Waals surface area contributed by atoms with Crippen molar-refractivity contribution in [1.82, 2.24) is 0 Å². The number of unbranched alkanes of at least 4 members (excludes halogenated alkanes) is 5. The first kappa shape index (κ1) is 36.5. The van der Waals surface area contributed by atoms with Crippen molar-refractivity contribution in [2.45, 2.75) is 164 Å². The van der Waals surface area contributed by atoms with E-state index in [9.17, 15) is 9.59 Å². The Kier molecular flexibility index (Phi) is 9.95. The summed E-state index contributed by atoms with van der Waals surface area (Å²) in [7, 11) is 0. The second-order valence-electron chi connectivity index (χ2n) is 18.9. The lowest BCUT2D eigenvalue weighted by molar-refractivity contribution is -0.336. The minimum atomic E-state index is -0.726. The van der Waals surface area contributed by atoms with Gasteiger partial charge in [-0.1, -0.05) is 92.2 Å². The number of hydrogen-bond acceptors (Lipinski definition) is 6. The van der Waals surface area contributed by atoms with E-state index < -0.39 is 17.3 Å². The lowest BCUT2D eigenvalue weighted by Crippen LogP contribution is -2.70. The Hall–Kier alpha value is -1.24. The Bertz CT molecular complexity index is 1260. The van der Waals surface area contributed by atoms with E-state index in [-0.39, 0.29) is 46.1 Å². The third-order valence-corrected chi connectivity index (χ3v) is 16.0. The van der Waals surface area contributed by atoms with Crippen LogP contribution >= 0.6 is 0 Å². The molecule has 0 bridgehead atoms. The molecule has 3 unspecified atom stereocenters. The van der Waals surface area contributed by atoms with E-state index in [1.165, 1.54) is 37.7 Å². The summed E-state index contributed by atoms with van der Waals surface area (Å²) >= 11 is 0. The molecule has 1 saturated heterocycles. The molecule has 6 aliphatic rings.